The normalized spacial score (nSPS) is 12.2. The number of carboxylic acids is 1. The summed E-state index contributed by atoms with van der Waals surface area (Å²) in [5, 5.41) is 12.4. The van der Waals surface area contributed by atoms with Gasteiger partial charge in [0, 0.05) is 22.0 Å². The van der Waals surface area contributed by atoms with Gasteiger partial charge in [-0.25, -0.2) is 4.79 Å². The van der Waals surface area contributed by atoms with Gasteiger partial charge in [0.15, 0.2) is 0 Å². The Labute approximate surface area is 116 Å². The van der Waals surface area contributed by atoms with Crippen molar-refractivity contribution in [3.05, 3.63) is 45.4 Å². The zero-order valence-electron chi connectivity index (χ0n) is 11.1. The molecule has 0 radical (unpaired) electrons. The molecule has 100 valence electrons. The van der Waals surface area contributed by atoms with E-state index < -0.39 is 5.97 Å². The van der Waals surface area contributed by atoms with Crippen molar-refractivity contribution in [1.29, 1.82) is 0 Å². The number of aromatic carboxylic acids is 1. The molecule has 2 rings (SSSR count). The molecule has 0 saturated heterocycles. The number of hydrogen-bond acceptors (Lipinski definition) is 4. The highest BCUT2D eigenvalue weighted by Gasteiger charge is 2.15. The van der Waals surface area contributed by atoms with Crippen LogP contribution < -0.4 is 5.32 Å². The van der Waals surface area contributed by atoms with Gasteiger partial charge in [0.05, 0.1) is 17.4 Å². The topological polar surface area (TPSA) is 62.2 Å². The summed E-state index contributed by atoms with van der Waals surface area (Å²) in [5.74, 6) is -0.949. The van der Waals surface area contributed by atoms with Gasteiger partial charge in [-0.3, -0.25) is 4.98 Å². The third-order valence-electron chi connectivity index (χ3n) is 2.97. The lowest BCUT2D eigenvalue weighted by molar-refractivity contribution is 0.0698. The lowest BCUT2D eigenvalue weighted by Crippen LogP contribution is -2.11. The first-order chi connectivity index (χ1) is 8.99. The number of thiophene rings is 1. The monoisotopic (exact) mass is 276 g/mol. The highest BCUT2D eigenvalue weighted by atomic mass is 32.1. The molecule has 1 unspecified atom stereocenters. The fourth-order valence-corrected chi connectivity index (χ4v) is 3.11. The molecule has 0 aromatic carbocycles. The minimum Gasteiger partial charge on any atom is -0.478 e. The predicted molar refractivity (Wildman–Crippen MR) is 77.0 cm³/mol. The molecular weight excluding hydrogens is 260 g/mol. The molecule has 0 spiro atoms. The van der Waals surface area contributed by atoms with Crippen molar-refractivity contribution < 1.29 is 9.90 Å². The summed E-state index contributed by atoms with van der Waals surface area (Å²) in [4.78, 5) is 17.6. The van der Waals surface area contributed by atoms with Gasteiger partial charge < -0.3 is 10.4 Å². The Bertz CT molecular complexity index is 607. The Morgan fingerprint density at radius 1 is 1.47 bits per heavy atom. The second kappa shape index (κ2) is 5.40. The standard InChI is InChI=1S/C14H16N2O2S/c1-8-6-12(10(3)19-8)9(2)16-13-7-15-5-4-11(13)14(17)18/h4-7,9,16H,1-3H3,(H,17,18). The van der Waals surface area contributed by atoms with Gasteiger partial charge in [-0.1, -0.05) is 0 Å². The number of rotatable bonds is 4. The van der Waals surface area contributed by atoms with Crippen LogP contribution in [0, 0.1) is 13.8 Å². The first kappa shape index (κ1) is 13.5. The quantitative estimate of drug-likeness (QED) is 0.895. The van der Waals surface area contributed by atoms with Crippen molar-refractivity contribution in [2.75, 3.05) is 5.32 Å². The minimum absolute atomic E-state index is 0.0484. The van der Waals surface area contributed by atoms with E-state index in [-0.39, 0.29) is 11.6 Å². The van der Waals surface area contributed by atoms with E-state index in [1.165, 1.54) is 27.6 Å². The van der Waals surface area contributed by atoms with E-state index in [0.29, 0.717) is 5.69 Å². The summed E-state index contributed by atoms with van der Waals surface area (Å²) >= 11 is 1.75. The molecule has 0 saturated carbocycles. The number of aryl methyl sites for hydroxylation is 2. The van der Waals surface area contributed by atoms with E-state index in [1.54, 1.807) is 17.5 Å². The molecule has 0 amide bonds. The molecule has 4 nitrogen and oxygen atoms in total. The third-order valence-corrected chi connectivity index (χ3v) is 3.95. The molecule has 2 N–H and O–H groups in total. The maximum Gasteiger partial charge on any atom is 0.337 e. The Kier molecular flexibility index (Phi) is 3.85. The van der Waals surface area contributed by atoms with Gasteiger partial charge in [0.25, 0.3) is 0 Å². The second-order valence-electron chi connectivity index (χ2n) is 4.46. The van der Waals surface area contributed by atoms with Crippen LogP contribution in [0.1, 0.15) is 38.6 Å². The molecule has 0 aliphatic heterocycles. The third kappa shape index (κ3) is 2.93. The molecule has 2 aromatic heterocycles. The van der Waals surface area contributed by atoms with Crippen LogP contribution >= 0.6 is 11.3 Å². The van der Waals surface area contributed by atoms with Crippen molar-refractivity contribution >= 4 is 23.0 Å². The van der Waals surface area contributed by atoms with Gasteiger partial charge in [-0.15, -0.1) is 11.3 Å². The van der Waals surface area contributed by atoms with Crippen LogP contribution in [0.2, 0.25) is 0 Å². The number of nitrogens with zero attached hydrogens (tertiary/aromatic N) is 1. The zero-order chi connectivity index (χ0) is 14.0. The predicted octanol–water partition coefficient (Wildman–Crippen LogP) is 3.63. The van der Waals surface area contributed by atoms with E-state index in [9.17, 15) is 4.79 Å². The molecule has 2 aromatic rings. The second-order valence-corrected chi connectivity index (χ2v) is 5.92. The average Bonchev–Trinajstić information content (AvgIpc) is 2.69. The van der Waals surface area contributed by atoms with Gasteiger partial charge in [0.1, 0.15) is 0 Å². The molecule has 0 aliphatic rings. The largest absolute Gasteiger partial charge is 0.478 e. The van der Waals surface area contributed by atoms with Crippen LogP contribution in [0.3, 0.4) is 0 Å². The van der Waals surface area contributed by atoms with Crippen molar-refractivity contribution in [3.8, 4) is 0 Å². The van der Waals surface area contributed by atoms with E-state index in [0.717, 1.165) is 0 Å². The zero-order valence-corrected chi connectivity index (χ0v) is 11.9. The van der Waals surface area contributed by atoms with Crippen molar-refractivity contribution in [1.82, 2.24) is 4.98 Å². The van der Waals surface area contributed by atoms with Crippen molar-refractivity contribution in [3.63, 3.8) is 0 Å². The lowest BCUT2D eigenvalue weighted by Gasteiger charge is -2.16. The van der Waals surface area contributed by atoms with E-state index >= 15 is 0 Å². The Morgan fingerprint density at radius 3 is 2.79 bits per heavy atom. The molecule has 2 heterocycles. The van der Waals surface area contributed by atoms with E-state index in [2.05, 4.69) is 30.2 Å². The average molecular weight is 276 g/mol. The fraction of sp³-hybridized carbons (Fsp3) is 0.286. The summed E-state index contributed by atoms with van der Waals surface area (Å²) in [6.07, 6.45) is 3.04. The molecule has 0 aliphatic carbocycles. The Morgan fingerprint density at radius 2 is 2.21 bits per heavy atom. The van der Waals surface area contributed by atoms with E-state index in [4.69, 9.17) is 5.11 Å². The summed E-state index contributed by atoms with van der Waals surface area (Å²) in [6, 6.07) is 3.68. The van der Waals surface area contributed by atoms with Crippen LogP contribution in [0.4, 0.5) is 5.69 Å². The first-order valence-corrected chi connectivity index (χ1v) is 6.81. The van der Waals surface area contributed by atoms with Gasteiger partial charge in [-0.2, -0.15) is 0 Å². The van der Waals surface area contributed by atoms with Crippen LogP contribution in [0.5, 0.6) is 0 Å². The summed E-state index contributed by atoms with van der Waals surface area (Å²) in [5.41, 5.74) is 1.99. The number of anilines is 1. The van der Waals surface area contributed by atoms with E-state index in [1.807, 2.05) is 6.92 Å². The molecule has 1 atom stereocenters. The maximum atomic E-state index is 11.1. The fourth-order valence-electron chi connectivity index (χ4n) is 2.09. The molecule has 5 heteroatoms. The van der Waals surface area contributed by atoms with Crippen molar-refractivity contribution in [2.24, 2.45) is 0 Å². The summed E-state index contributed by atoms with van der Waals surface area (Å²) < 4.78 is 0. The number of nitrogens with one attached hydrogen (secondary N) is 1. The highest BCUT2D eigenvalue weighted by molar-refractivity contribution is 7.12. The molecular formula is C14H16N2O2S. The van der Waals surface area contributed by atoms with Crippen molar-refractivity contribution in [2.45, 2.75) is 26.8 Å². The summed E-state index contributed by atoms with van der Waals surface area (Å²) in [7, 11) is 0. The lowest BCUT2D eigenvalue weighted by atomic mass is 10.1. The first-order valence-electron chi connectivity index (χ1n) is 6.00. The number of aromatic nitrogens is 1. The van der Waals surface area contributed by atoms with Crippen LogP contribution in [0.15, 0.2) is 24.5 Å². The van der Waals surface area contributed by atoms with Gasteiger partial charge in [0.2, 0.25) is 0 Å². The van der Waals surface area contributed by atoms with Crippen LogP contribution in [-0.4, -0.2) is 16.1 Å². The minimum atomic E-state index is -0.949. The van der Waals surface area contributed by atoms with Crippen LogP contribution in [-0.2, 0) is 0 Å². The SMILES string of the molecule is Cc1cc(C(C)Nc2cnccc2C(=O)O)c(C)s1. The summed E-state index contributed by atoms with van der Waals surface area (Å²) in [6.45, 7) is 6.17. The van der Waals surface area contributed by atoms with Crippen LogP contribution in [0.25, 0.3) is 0 Å². The highest BCUT2D eigenvalue weighted by Crippen LogP contribution is 2.29. The maximum absolute atomic E-state index is 11.1. The molecule has 19 heavy (non-hydrogen) atoms. The number of pyridine rings is 1. The Balaban J connectivity index is 2.26. The number of carbonyl (C=O) groups is 1. The Hall–Kier alpha value is -1.88. The number of carboxylic acid groups (broad SMARTS) is 1. The molecule has 0 fully saturated rings. The number of hydrogen-bond donors (Lipinski definition) is 2. The molecule has 0 bridgehead atoms. The van der Waals surface area contributed by atoms with Gasteiger partial charge >= 0.3 is 5.97 Å². The van der Waals surface area contributed by atoms with Gasteiger partial charge in [-0.05, 0) is 38.5 Å². The smallest absolute Gasteiger partial charge is 0.337 e.